The molecule has 1 aromatic carbocycles. The second-order valence-electron chi connectivity index (χ2n) is 6.41. The number of H-pyrrole nitrogens is 1. The number of hydrogen-bond donors (Lipinski definition) is 1. The minimum absolute atomic E-state index is 0.177. The van der Waals surface area contributed by atoms with Crippen LogP contribution in [0.3, 0.4) is 0 Å². The minimum atomic E-state index is 0.177. The first kappa shape index (κ1) is 15.6. The summed E-state index contributed by atoms with van der Waals surface area (Å²) in [7, 11) is 0. The second-order valence-corrected chi connectivity index (χ2v) is 6.41. The third-order valence-electron chi connectivity index (χ3n) is 4.63. The molecule has 1 saturated heterocycles. The van der Waals surface area contributed by atoms with Crippen LogP contribution in [0.1, 0.15) is 11.4 Å². The zero-order valence-electron chi connectivity index (χ0n) is 14.3. The van der Waals surface area contributed by atoms with Crippen LogP contribution in [0, 0.1) is 6.92 Å². The van der Waals surface area contributed by atoms with Crippen molar-refractivity contribution in [2.24, 2.45) is 0 Å². The van der Waals surface area contributed by atoms with E-state index in [1.165, 1.54) is 0 Å². The van der Waals surface area contributed by atoms with E-state index >= 15 is 0 Å². The maximum Gasteiger partial charge on any atom is 0.227 e. The second kappa shape index (κ2) is 6.55. The lowest BCUT2D eigenvalue weighted by Gasteiger charge is -2.35. The molecule has 0 radical (unpaired) electrons. The van der Waals surface area contributed by atoms with E-state index in [9.17, 15) is 4.79 Å². The highest BCUT2D eigenvalue weighted by Crippen LogP contribution is 2.16. The molecule has 0 spiro atoms. The van der Waals surface area contributed by atoms with Crippen LogP contribution in [-0.4, -0.2) is 51.9 Å². The number of benzene rings is 1. The lowest BCUT2D eigenvalue weighted by molar-refractivity contribution is -0.130. The fourth-order valence-corrected chi connectivity index (χ4v) is 3.31. The molecule has 1 amide bonds. The molecule has 1 aliphatic heterocycles. The number of anilines is 1. The summed E-state index contributed by atoms with van der Waals surface area (Å²) in [5, 5.41) is 0. The van der Waals surface area contributed by atoms with Crippen molar-refractivity contribution >= 4 is 22.8 Å². The molecule has 128 valence electrons. The smallest absolute Gasteiger partial charge is 0.227 e. The summed E-state index contributed by atoms with van der Waals surface area (Å²) in [6, 6.07) is 11.9. The Morgan fingerprint density at radius 1 is 1.16 bits per heavy atom. The average Bonchev–Trinajstić information content (AvgIpc) is 3.02. The van der Waals surface area contributed by atoms with E-state index in [0.29, 0.717) is 6.42 Å². The molecule has 0 bridgehead atoms. The van der Waals surface area contributed by atoms with Crippen molar-refractivity contribution < 1.29 is 4.79 Å². The largest absolute Gasteiger partial charge is 0.353 e. The molecule has 1 N–H and O–H groups in total. The van der Waals surface area contributed by atoms with Gasteiger partial charge in [0, 0.05) is 32.4 Å². The first-order valence-electron chi connectivity index (χ1n) is 8.58. The van der Waals surface area contributed by atoms with Gasteiger partial charge in [-0.2, -0.15) is 0 Å². The van der Waals surface area contributed by atoms with Crippen molar-refractivity contribution in [2.75, 3.05) is 31.1 Å². The summed E-state index contributed by atoms with van der Waals surface area (Å²) in [6.45, 7) is 5.05. The Bertz CT molecular complexity index is 881. The van der Waals surface area contributed by atoms with Crippen LogP contribution in [0.15, 0.2) is 42.6 Å². The number of rotatable bonds is 3. The van der Waals surface area contributed by atoms with Gasteiger partial charge in [0.2, 0.25) is 5.91 Å². The summed E-state index contributed by atoms with van der Waals surface area (Å²) in [5.74, 6) is 2.05. The standard InChI is InChI=1S/C19H21N5O/c1-14-21-16-6-5-15(12-17(16)22-14)13-19(25)24-10-8-23(9-11-24)18-4-2-3-7-20-18/h2-7,12H,8-11,13H2,1H3,(H,21,22). The molecule has 3 aromatic rings. The Balaban J connectivity index is 1.38. The van der Waals surface area contributed by atoms with E-state index < -0.39 is 0 Å². The van der Waals surface area contributed by atoms with Crippen LogP contribution in [0.5, 0.6) is 0 Å². The molecule has 6 heteroatoms. The fraction of sp³-hybridized carbons (Fsp3) is 0.316. The molecule has 0 saturated carbocycles. The number of aromatic amines is 1. The van der Waals surface area contributed by atoms with Gasteiger partial charge in [-0.25, -0.2) is 9.97 Å². The van der Waals surface area contributed by atoms with E-state index in [1.807, 2.05) is 48.2 Å². The third kappa shape index (κ3) is 3.33. The minimum Gasteiger partial charge on any atom is -0.353 e. The van der Waals surface area contributed by atoms with Gasteiger partial charge in [-0.1, -0.05) is 12.1 Å². The predicted octanol–water partition coefficient (Wildman–Crippen LogP) is 2.16. The molecule has 1 fully saturated rings. The number of aryl methyl sites for hydroxylation is 1. The lowest BCUT2D eigenvalue weighted by atomic mass is 10.1. The van der Waals surface area contributed by atoms with E-state index in [4.69, 9.17) is 0 Å². The Kier molecular flexibility index (Phi) is 4.09. The highest BCUT2D eigenvalue weighted by molar-refractivity contribution is 5.82. The molecule has 25 heavy (non-hydrogen) atoms. The highest BCUT2D eigenvalue weighted by atomic mass is 16.2. The zero-order valence-corrected chi connectivity index (χ0v) is 14.3. The van der Waals surface area contributed by atoms with Gasteiger partial charge in [-0.05, 0) is 36.8 Å². The highest BCUT2D eigenvalue weighted by Gasteiger charge is 2.21. The summed E-state index contributed by atoms with van der Waals surface area (Å²) < 4.78 is 0. The molecular weight excluding hydrogens is 314 g/mol. The maximum absolute atomic E-state index is 12.6. The zero-order chi connectivity index (χ0) is 17.2. The van der Waals surface area contributed by atoms with Crippen molar-refractivity contribution in [3.8, 4) is 0 Å². The number of nitrogens with zero attached hydrogens (tertiary/aromatic N) is 4. The summed E-state index contributed by atoms with van der Waals surface area (Å²) >= 11 is 0. The quantitative estimate of drug-likeness (QED) is 0.797. The molecule has 1 aliphatic rings. The Morgan fingerprint density at radius 3 is 2.76 bits per heavy atom. The van der Waals surface area contributed by atoms with Crippen molar-refractivity contribution in [1.29, 1.82) is 0 Å². The summed E-state index contributed by atoms with van der Waals surface area (Å²) in [4.78, 5) is 28.8. The number of piperazine rings is 1. The molecule has 3 heterocycles. The number of carbonyl (C=O) groups is 1. The molecule has 2 aromatic heterocycles. The fourth-order valence-electron chi connectivity index (χ4n) is 3.31. The van der Waals surface area contributed by atoms with Gasteiger partial charge < -0.3 is 14.8 Å². The monoisotopic (exact) mass is 335 g/mol. The average molecular weight is 335 g/mol. The molecule has 4 rings (SSSR count). The normalized spacial score (nSPS) is 14.9. The number of amides is 1. The van der Waals surface area contributed by atoms with Crippen LogP contribution in [-0.2, 0) is 11.2 Å². The van der Waals surface area contributed by atoms with E-state index in [1.54, 1.807) is 6.20 Å². The van der Waals surface area contributed by atoms with Crippen molar-refractivity contribution in [2.45, 2.75) is 13.3 Å². The summed E-state index contributed by atoms with van der Waals surface area (Å²) in [6.07, 6.45) is 2.23. The van der Waals surface area contributed by atoms with Crippen molar-refractivity contribution in [3.63, 3.8) is 0 Å². The van der Waals surface area contributed by atoms with Gasteiger partial charge in [0.15, 0.2) is 0 Å². The van der Waals surface area contributed by atoms with Crippen LogP contribution in [0.2, 0.25) is 0 Å². The van der Waals surface area contributed by atoms with E-state index in [-0.39, 0.29) is 5.91 Å². The van der Waals surface area contributed by atoms with Gasteiger partial charge in [0.05, 0.1) is 17.5 Å². The number of fused-ring (bicyclic) bond motifs is 1. The van der Waals surface area contributed by atoms with Gasteiger partial charge in [0.25, 0.3) is 0 Å². The Hall–Kier alpha value is -2.89. The SMILES string of the molecule is Cc1nc2ccc(CC(=O)N3CCN(c4ccccn4)CC3)cc2[nH]1. The number of hydrogen-bond acceptors (Lipinski definition) is 4. The number of carbonyl (C=O) groups excluding carboxylic acids is 1. The number of pyridine rings is 1. The van der Waals surface area contributed by atoms with Crippen molar-refractivity contribution in [1.82, 2.24) is 19.9 Å². The van der Waals surface area contributed by atoms with Gasteiger partial charge in [-0.15, -0.1) is 0 Å². The first-order chi connectivity index (χ1) is 12.2. The van der Waals surface area contributed by atoms with Gasteiger partial charge in [0.1, 0.15) is 11.6 Å². The molecule has 0 unspecified atom stereocenters. The number of imidazole rings is 1. The Labute approximate surface area is 146 Å². The van der Waals surface area contributed by atoms with E-state index in [2.05, 4.69) is 19.9 Å². The van der Waals surface area contributed by atoms with Crippen LogP contribution < -0.4 is 4.90 Å². The van der Waals surface area contributed by atoms with Gasteiger partial charge in [-0.3, -0.25) is 4.79 Å². The molecule has 0 aliphatic carbocycles. The Morgan fingerprint density at radius 2 is 2.00 bits per heavy atom. The van der Waals surface area contributed by atoms with Crippen LogP contribution in [0.25, 0.3) is 11.0 Å². The molecule has 6 nitrogen and oxygen atoms in total. The topological polar surface area (TPSA) is 65.1 Å². The maximum atomic E-state index is 12.6. The molecular formula is C19H21N5O. The van der Waals surface area contributed by atoms with E-state index in [0.717, 1.165) is 54.4 Å². The third-order valence-corrected chi connectivity index (χ3v) is 4.63. The number of aromatic nitrogens is 3. The predicted molar refractivity (Wildman–Crippen MR) is 97.6 cm³/mol. The lowest BCUT2D eigenvalue weighted by Crippen LogP contribution is -2.49. The van der Waals surface area contributed by atoms with Crippen LogP contribution >= 0.6 is 0 Å². The van der Waals surface area contributed by atoms with Gasteiger partial charge >= 0.3 is 0 Å². The van der Waals surface area contributed by atoms with Crippen LogP contribution in [0.4, 0.5) is 5.82 Å². The summed E-state index contributed by atoms with van der Waals surface area (Å²) in [5.41, 5.74) is 2.95. The van der Waals surface area contributed by atoms with Crippen molar-refractivity contribution in [3.05, 3.63) is 54.0 Å². The molecule has 0 atom stereocenters. The number of nitrogens with one attached hydrogen (secondary N) is 1. The first-order valence-corrected chi connectivity index (χ1v) is 8.58.